The van der Waals surface area contributed by atoms with Gasteiger partial charge in [0.2, 0.25) is 0 Å². The average molecular weight is 352 g/mol. The van der Waals surface area contributed by atoms with E-state index < -0.39 is 0 Å². The molecule has 3 atom stereocenters. The number of hydrogen-bond donors (Lipinski definition) is 1. The van der Waals surface area contributed by atoms with Crippen molar-refractivity contribution in [3.63, 3.8) is 0 Å². The highest BCUT2D eigenvalue weighted by atomic mass is 79.9. The van der Waals surface area contributed by atoms with Gasteiger partial charge < -0.3 is 10.1 Å². The molecule has 2 bridgehead atoms. The minimum absolute atomic E-state index is 0.421. The van der Waals surface area contributed by atoms with Crippen LogP contribution in [-0.4, -0.2) is 19.2 Å². The maximum atomic E-state index is 5.82. The summed E-state index contributed by atoms with van der Waals surface area (Å²) in [6.07, 6.45) is 4.19. The van der Waals surface area contributed by atoms with E-state index in [-0.39, 0.29) is 0 Å². The zero-order valence-electron chi connectivity index (χ0n) is 13.3. The van der Waals surface area contributed by atoms with Crippen molar-refractivity contribution in [2.24, 2.45) is 16.7 Å². The van der Waals surface area contributed by atoms with Crippen molar-refractivity contribution in [1.82, 2.24) is 5.32 Å². The van der Waals surface area contributed by atoms with Gasteiger partial charge in [0.25, 0.3) is 0 Å². The van der Waals surface area contributed by atoms with Crippen molar-refractivity contribution < 1.29 is 4.74 Å². The molecule has 1 aromatic carbocycles. The number of benzene rings is 1. The van der Waals surface area contributed by atoms with Gasteiger partial charge in [-0.1, -0.05) is 36.7 Å². The van der Waals surface area contributed by atoms with Crippen molar-refractivity contribution in [2.45, 2.75) is 46.1 Å². The van der Waals surface area contributed by atoms with Gasteiger partial charge in [0.15, 0.2) is 0 Å². The van der Waals surface area contributed by atoms with E-state index in [1.54, 1.807) is 0 Å². The van der Waals surface area contributed by atoms with Gasteiger partial charge in [-0.15, -0.1) is 0 Å². The summed E-state index contributed by atoms with van der Waals surface area (Å²) in [5, 5.41) is 3.79. The average Bonchev–Trinajstić information content (AvgIpc) is 2.91. The van der Waals surface area contributed by atoms with Crippen molar-refractivity contribution in [2.75, 3.05) is 13.2 Å². The molecule has 2 aliphatic carbocycles. The fourth-order valence-corrected chi connectivity index (χ4v) is 4.98. The third-order valence-electron chi connectivity index (χ3n) is 5.80. The number of nitrogens with one attached hydrogen (secondary N) is 1. The topological polar surface area (TPSA) is 21.3 Å². The van der Waals surface area contributed by atoms with Crippen LogP contribution in [-0.2, 0) is 0 Å². The van der Waals surface area contributed by atoms with Gasteiger partial charge in [-0.2, -0.15) is 0 Å². The third kappa shape index (κ3) is 2.87. The summed E-state index contributed by atoms with van der Waals surface area (Å²) in [4.78, 5) is 0. The van der Waals surface area contributed by atoms with E-state index >= 15 is 0 Å². The first-order valence-electron chi connectivity index (χ1n) is 8.04. The lowest BCUT2D eigenvalue weighted by atomic mass is 9.68. The number of halogens is 1. The van der Waals surface area contributed by atoms with Crippen molar-refractivity contribution in [1.29, 1.82) is 0 Å². The minimum atomic E-state index is 0.421. The Bertz CT molecular complexity index is 494. The molecule has 1 aromatic rings. The molecule has 0 spiro atoms. The van der Waals surface area contributed by atoms with Gasteiger partial charge in [-0.25, -0.2) is 0 Å². The highest BCUT2D eigenvalue weighted by Gasteiger charge is 2.58. The van der Waals surface area contributed by atoms with Crippen LogP contribution >= 0.6 is 15.9 Å². The van der Waals surface area contributed by atoms with Crippen LogP contribution in [0.2, 0.25) is 0 Å². The summed E-state index contributed by atoms with van der Waals surface area (Å²) < 4.78 is 6.91. The van der Waals surface area contributed by atoms with Gasteiger partial charge in [0, 0.05) is 17.1 Å². The van der Waals surface area contributed by atoms with E-state index in [0.717, 1.165) is 29.3 Å². The minimum Gasteiger partial charge on any atom is -0.492 e. The maximum Gasteiger partial charge on any atom is 0.119 e. The zero-order chi connectivity index (χ0) is 15.1. The lowest BCUT2D eigenvalue weighted by Gasteiger charge is -2.43. The van der Waals surface area contributed by atoms with Crippen LogP contribution in [0.3, 0.4) is 0 Å². The van der Waals surface area contributed by atoms with E-state index in [2.05, 4.69) is 42.0 Å². The summed E-state index contributed by atoms with van der Waals surface area (Å²) in [6, 6.07) is 8.67. The quantitative estimate of drug-likeness (QED) is 0.780. The van der Waals surface area contributed by atoms with Crippen LogP contribution in [0.1, 0.15) is 40.0 Å². The molecular formula is C18H26BrNO. The van der Waals surface area contributed by atoms with E-state index in [9.17, 15) is 0 Å². The molecule has 3 unspecified atom stereocenters. The molecule has 2 nitrogen and oxygen atoms in total. The summed E-state index contributed by atoms with van der Waals surface area (Å²) in [6.45, 7) is 9.00. The molecule has 0 aliphatic heterocycles. The molecule has 21 heavy (non-hydrogen) atoms. The summed E-state index contributed by atoms with van der Waals surface area (Å²) in [5.74, 6) is 1.84. The van der Waals surface area contributed by atoms with Crippen LogP contribution in [0.4, 0.5) is 0 Å². The first-order chi connectivity index (χ1) is 9.92. The Morgan fingerprint density at radius 1 is 1.24 bits per heavy atom. The molecule has 3 rings (SSSR count). The number of ether oxygens (including phenoxy) is 1. The normalized spacial score (nSPS) is 33.3. The van der Waals surface area contributed by atoms with Gasteiger partial charge in [0.05, 0.1) is 0 Å². The lowest BCUT2D eigenvalue weighted by molar-refractivity contribution is 0.105. The SMILES string of the molecule is CC12CCC(C1)C(C)(C)C2NCCOc1ccc(Br)cc1. The molecule has 1 N–H and O–H groups in total. The molecule has 2 fully saturated rings. The first kappa shape index (κ1) is 15.4. The molecule has 2 saturated carbocycles. The van der Waals surface area contributed by atoms with Crippen LogP contribution in [0.25, 0.3) is 0 Å². The monoisotopic (exact) mass is 351 g/mol. The van der Waals surface area contributed by atoms with Crippen molar-refractivity contribution in [3.8, 4) is 5.75 Å². The molecule has 0 radical (unpaired) electrons. The van der Waals surface area contributed by atoms with Gasteiger partial charge in [0.1, 0.15) is 12.4 Å². The van der Waals surface area contributed by atoms with E-state index in [4.69, 9.17) is 4.74 Å². The number of rotatable bonds is 5. The zero-order valence-corrected chi connectivity index (χ0v) is 14.9. The fraction of sp³-hybridized carbons (Fsp3) is 0.667. The smallest absolute Gasteiger partial charge is 0.119 e. The molecule has 2 aliphatic rings. The number of fused-ring (bicyclic) bond motifs is 2. The van der Waals surface area contributed by atoms with Crippen LogP contribution in [0.15, 0.2) is 28.7 Å². The largest absolute Gasteiger partial charge is 0.492 e. The Labute approximate surface area is 136 Å². The van der Waals surface area contributed by atoms with Crippen LogP contribution < -0.4 is 10.1 Å². The highest BCUT2D eigenvalue weighted by molar-refractivity contribution is 9.10. The Hall–Kier alpha value is -0.540. The molecule has 0 saturated heterocycles. The second-order valence-corrected chi connectivity index (χ2v) is 8.52. The van der Waals surface area contributed by atoms with Gasteiger partial charge in [-0.3, -0.25) is 0 Å². The highest BCUT2D eigenvalue weighted by Crippen LogP contribution is 2.62. The fourth-order valence-electron chi connectivity index (χ4n) is 4.71. The molecule has 3 heteroatoms. The second kappa shape index (κ2) is 5.58. The van der Waals surface area contributed by atoms with Crippen LogP contribution in [0, 0.1) is 16.7 Å². The predicted octanol–water partition coefficient (Wildman–Crippen LogP) is 4.63. The van der Waals surface area contributed by atoms with Gasteiger partial charge >= 0.3 is 0 Å². The van der Waals surface area contributed by atoms with E-state index in [1.807, 2.05) is 24.3 Å². The number of hydrogen-bond acceptors (Lipinski definition) is 2. The lowest BCUT2D eigenvalue weighted by Crippen LogP contribution is -2.51. The molecule has 116 valence electrons. The van der Waals surface area contributed by atoms with E-state index in [0.29, 0.717) is 16.9 Å². The molecule has 0 amide bonds. The Kier molecular flexibility index (Phi) is 4.08. The summed E-state index contributed by atoms with van der Waals surface area (Å²) >= 11 is 3.44. The summed E-state index contributed by atoms with van der Waals surface area (Å²) in [7, 11) is 0. The van der Waals surface area contributed by atoms with Crippen LogP contribution in [0.5, 0.6) is 5.75 Å². The van der Waals surface area contributed by atoms with Crippen molar-refractivity contribution in [3.05, 3.63) is 28.7 Å². The molecule has 0 aromatic heterocycles. The molecule has 0 heterocycles. The molecular weight excluding hydrogens is 326 g/mol. The Balaban J connectivity index is 1.50. The maximum absolute atomic E-state index is 5.82. The standard InChI is InChI=1S/C18H26BrNO/c1-17(2)13-8-9-18(3,12-13)16(17)20-10-11-21-15-6-4-14(19)5-7-15/h4-7,13,16,20H,8-12H2,1-3H3. The summed E-state index contributed by atoms with van der Waals surface area (Å²) in [5.41, 5.74) is 0.913. The Morgan fingerprint density at radius 2 is 1.95 bits per heavy atom. The second-order valence-electron chi connectivity index (χ2n) is 7.60. The van der Waals surface area contributed by atoms with Crippen molar-refractivity contribution >= 4 is 15.9 Å². The van der Waals surface area contributed by atoms with Gasteiger partial charge in [-0.05, 0) is 60.3 Å². The Morgan fingerprint density at radius 3 is 2.57 bits per heavy atom. The third-order valence-corrected chi connectivity index (χ3v) is 6.33. The van der Waals surface area contributed by atoms with E-state index in [1.165, 1.54) is 19.3 Å². The first-order valence-corrected chi connectivity index (χ1v) is 8.83. The predicted molar refractivity (Wildman–Crippen MR) is 90.7 cm³/mol.